The fourth-order valence-corrected chi connectivity index (χ4v) is 6.76. The molecule has 0 aromatic heterocycles. The third kappa shape index (κ3) is 9.03. The van der Waals surface area contributed by atoms with E-state index in [2.05, 4.69) is 16.0 Å². The number of carbonyl (C=O) groups excluding carboxylic acids is 6. The smallest absolute Gasteiger partial charge is 0.270 e. The van der Waals surface area contributed by atoms with E-state index in [4.69, 9.17) is 52.1 Å². The molecule has 0 unspecified atom stereocenters. The van der Waals surface area contributed by atoms with Gasteiger partial charge in [0.25, 0.3) is 17.7 Å². The van der Waals surface area contributed by atoms with E-state index in [1.807, 2.05) is 30.3 Å². The van der Waals surface area contributed by atoms with Crippen molar-refractivity contribution in [2.24, 2.45) is 5.73 Å². The van der Waals surface area contributed by atoms with Crippen molar-refractivity contribution in [2.45, 2.75) is 50.4 Å². The number of phenols is 1. The van der Waals surface area contributed by atoms with Crippen molar-refractivity contribution in [3.05, 3.63) is 133 Å². The molecule has 1 aliphatic rings. The Hall–Kier alpha value is -4.98. The summed E-state index contributed by atoms with van der Waals surface area (Å²) in [6.45, 7) is 1.35. The monoisotopic (exact) mass is 811 g/mol. The summed E-state index contributed by atoms with van der Waals surface area (Å²) >= 11 is 24.7. The molecule has 280 valence electrons. The van der Waals surface area contributed by atoms with Crippen molar-refractivity contribution in [2.75, 3.05) is 0 Å². The Kier molecular flexibility index (Phi) is 13.0. The van der Waals surface area contributed by atoms with Gasteiger partial charge in [0.15, 0.2) is 0 Å². The van der Waals surface area contributed by atoms with E-state index in [-0.39, 0.29) is 50.0 Å². The molecule has 0 aliphatic carbocycles. The highest BCUT2D eigenvalue weighted by atomic mass is 35.5. The normalized spacial score (nSPS) is 14.4. The number of nitrogens with one attached hydrogen (secondary N) is 3. The number of benzene rings is 4. The van der Waals surface area contributed by atoms with Gasteiger partial charge in [0.2, 0.25) is 17.7 Å². The maximum atomic E-state index is 14.0. The summed E-state index contributed by atoms with van der Waals surface area (Å²) in [4.78, 5) is 81.9. The molecule has 0 fully saturated rings. The lowest BCUT2D eigenvalue weighted by molar-refractivity contribution is -0.135. The number of phenolic OH excluding ortho intramolecular Hbond substituents is 1. The Morgan fingerprint density at radius 2 is 1.06 bits per heavy atom. The van der Waals surface area contributed by atoms with E-state index in [0.29, 0.717) is 5.56 Å². The number of hydrogen-bond acceptors (Lipinski definition) is 8. The first-order valence-corrected chi connectivity index (χ1v) is 18.0. The Balaban J connectivity index is 1.35. The molecule has 54 heavy (non-hydrogen) atoms. The second-order valence-electron chi connectivity index (χ2n) is 12.5. The molecule has 0 radical (unpaired) electrons. The highest BCUT2D eigenvalue weighted by molar-refractivity contribution is 6.55. The Morgan fingerprint density at radius 3 is 1.57 bits per heavy atom. The zero-order valence-corrected chi connectivity index (χ0v) is 31.5. The van der Waals surface area contributed by atoms with Gasteiger partial charge < -0.3 is 26.8 Å². The third-order valence-corrected chi connectivity index (χ3v) is 10.4. The van der Waals surface area contributed by atoms with Gasteiger partial charge in [0, 0.05) is 12.8 Å². The molecule has 0 saturated heterocycles. The summed E-state index contributed by atoms with van der Waals surface area (Å²) in [6, 6.07) is 18.6. The van der Waals surface area contributed by atoms with E-state index >= 15 is 0 Å². The van der Waals surface area contributed by atoms with Gasteiger partial charge in [-0.15, -0.1) is 0 Å². The van der Waals surface area contributed by atoms with Crippen LogP contribution in [0.5, 0.6) is 5.75 Å². The largest absolute Gasteiger partial charge is 0.508 e. The average molecular weight is 814 g/mol. The van der Waals surface area contributed by atoms with Gasteiger partial charge >= 0.3 is 0 Å². The van der Waals surface area contributed by atoms with Crippen LogP contribution in [0, 0.1) is 0 Å². The van der Waals surface area contributed by atoms with Gasteiger partial charge in [-0.25, -0.2) is 4.90 Å². The minimum atomic E-state index is -1.57. The van der Waals surface area contributed by atoms with Gasteiger partial charge in [0.1, 0.15) is 23.9 Å². The number of aromatic hydroxyl groups is 1. The third-order valence-electron chi connectivity index (χ3n) is 8.62. The summed E-state index contributed by atoms with van der Waals surface area (Å²) < 4.78 is 0. The van der Waals surface area contributed by atoms with Crippen LogP contribution in [0.1, 0.15) is 44.3 Å². The SMILES string of the molecule is C[C@@H](NC(=O)[C@H](Cc1ccccc1)NC(=O)[C@@H](N)Cc1ccccc1)C(=O)N[C@@H](Cc1ccc(O)cc1)C(=O)N1C(=O)c2c(Cl)c(Cl)c(Cl)c(Cl)c2C1=O. The number of imide groups is 3. The van der Waals surface area contributed by atoms with Crippen LogP contribution in [-0.2, 0) is 38.4 Å². The minimum absolute atomic E-state index is 0.0612. The molecule has 0 bridgehead atoms. The second kappa shape index (κ2) is 17.4. The van der Waals surface area contributed by atoms with Crippen molar-refractivity contribution in [1.82, 2.24) is 20.9 Å². The highest BCUT2D eigenvalue weighted by Crippen LogP contribution is 2.45. The predicted molar refractivity (Wildman–Crippen MR) is 204 cm³/mol. The standard InChI is InChI=1S/C38H33Cl4N5O7/c1-19(44-35(51)25(17-21-10-6-3-7-11-21)45-34(50)24(43)16-20-8-4-2-5-9-20)33(49)46-26(18-22-12-14-23(48)15-13-22)36(52)47-37(53)27-28(38(47)54)30(40)32(42)31(41)29(27)39/h2-15,19,24-26,48H,16-18,43H2,1H3,(H,44,51)(H,45,50)(H,46,49)/t19-,24+,25+,26+/m1/s1. The van der Waals surface area contributed by atoms with Crippen molar-refractivity contribution in [3.63, 3.8) is 0 Å². The molecular formula is C38H33Cl4N5O7. The lowest BCUT2D eigenvalue weighted by atomic mass is 10.0. The number of halogens is 4. The first kappa shape index (κ1) is 40.2. The van der Waals surface area contributed by atoms with Gasteiger partial charge in [-0.3, -0.25) is 28.8 Å². The van der Waals surface area contributed by atoms with Gasteiger partial charge in [-0.2, -0.15) is 0 Å². The quantitative estimate of drug-likeness (QED) is 0.0733. The summed E-state index contributed by atoms with van der Waals surface area (Å²) in [6.07, 6.45) is 0.0206. The van der Waals surface area contributed by atoms with Crippen LogP contribution < -0.4 is 21.7 Å². The molecule has 5 rings (SSSR count). The van der Waals surface area contributed by atoms with Gasteiger partial charge in [-0.1, -0.05) is 119 Å². The number of fused-ring (bicyclic) bond motifs is 1. The zero-order chi connectivity index (χ0) is 39.3. The molecule has 1 aliphatic heterocycles. The van der Waals surface area contributed by atoms with Crippen LogP contribution in [0.15, 0.2) is 84.9 Å². The van der Waals surface area contributed by atoms with Crippen molar-refractivity contribution >= 4 is 81.8 Å². The predicted octanol–water partition coefficient (Wildman–Crippen LogP) is 4.66. The molecule has 0 saturated carbocycles. The fraction of sp³-hybridized carbons (Fsp3) is 0.211. The molecule has 4 atom stereocenters. The fourth-order valence-electron chi connectivity index (χ4n) is 5.75. The van der Waals surface area contributed by atoms with Gasteiger partial charge in [-0.05, 0) is 42.2 Å². The Labute approximate surface area is 329 Å². The van der Waals surface area contributed by atoms with Crippen LogP contribution in [0.3, 0.4) is 0 Å². The van der Waals surface area contributed by atoms with E-state index in [1.54, 1.807) is 30.3 Å². The summed E-state index contributed by atoms with van der Waals surface area (Å²) in [5, 5.41) is 16.2. The lowest BCUT2D eigenvalue weighted by Crippen LogP contribution is -2.58. The summed E-state index contributed by atoms with van der Waals surface area (Å²) in [5.74, 6) is -5.68. The molecule has 16 heteroatoms. The van der Waals surface area contributed by atoms with Crippen LogP contribution >= 0.6 is 46.4 Å². The maximum Gasteiger partial charge on any atom is 0.270 e. The van der Waals surface area contributed by atoms with E-state index in [1.165, 1.54) is 31.2 Å². The first-order valence-electron chi connectivity index (χ1n) is 16.5. The lowest BCUT2D eigenvalue weighted by Gasteiger charge is -2.25. The Bertz CT molecular complexity index is 2060. The number of nitrogens with two attached hydrogens (primary N) is 1. The van der Waals surface area contributed by atoms with Gasteiger partial charge in [0.05, 0.1) is 37.3 Å². The number of nitrogens with zero attached hydrogens (tertiary/aromatic N) is 1. The van der Waals surface area contributed by atoms with Crippen LogP contribution in [0.2, 0.25) is 20.1 Å². The minimum Gasteiger partial charge on any atom is -0.508 e. The van der Waals surface area contributed by atoms with Crippen LogP contribution in [0.4, 0.5) is 0 Å². The second-order valence-corrected chi connectivity index (χ2v) is 14.0. The molecular weight excluding hydrogens is 780 g/mol. The number of carbonyl (C=O) groups is 6. The van der Waals surface area contributed by atoms with Crippen LogP contribution in [-0.4, -0.2) is 69.6 Å². The van der Waals surface area contributed by atoms with Crippen LogP contribution in [0.25, 0.3) is 0 Å². The zero-order valence-electron chi connectivity index (χ0n) is 28.4. The molecule has 6 amide bonds. The van der Waals surface area contributed by atoms with Crippen molar-refractivity contribution in [3.8, 4) is 5.75 Å². The summed E-state index contributed by atoms with van der Waals surface area (Å²) in [7, 11) is 0. The number of amides is 6. The van der Waals surface area contributed by atoms with E-state index in [9.17, 15) is 33.9 Å². The molecule has 1 heterocycles. The molecule has 12 nitrogen and oxygen atoms in total. The molecule has 0 spiro atoms. The first-order chi connectivity index (χ1) is 25.7. The van der Waals surface area contributed by atoms with Crippen molar-refractivity contribution in [1.29, 1.82) is 0 Å². The molecule has 6 N–H and O–H groups in total. The number of rotatable bonds is 13. The topological polar surface area (TPSA) is 188 Å². The average Bonchev–Trinajstić information content (AvgIpc) is 3.42. The highest BCUT2D eigenvalue weighted by Gasteiger charge is 2.47. The van der Waals surface area contributed by atoms with E-state index < -0.39 is 70.7 Å². The van der Waals surface area contributed by atoms with E-state index in [0.717, 1.165) is 11.1 Å². The maximum absolute atomic E-state index is 14.0. The molecule has 4 aromatic carbocycles. The number of hydrogen-bond donors (Lipinski definition) is 5. The van der Waals surface area contributed by atoms with Crippen molar-refractivity contribution < 1.29 is 33.9 Å². The summed E-state index contributed by atoms with van der Waals surface area (Å²) in [5.41, 5.74) is 7.30. The molecule has 4 aromatic rings. The Morgan fingerprint density at radius 1 is 0.611 bits per heavy atom.